The predicted octanol–water partition coefficient (Wildman–Crippen LogP) is 3.51. The highest BCUT2D eigenvalue weighted by atomic mass is 35.5. The van der Waals surface area contributed by atoms with E-state index >= 15 is 0 Å². The molecule has 0 N–H and O–H groups in total. The molecule has 1 aliphatic heterocycles. The minimum atomic E-state index is -0.173. The van der Waals surface area contributed by atoms with Crippen molar-refractivity contribution in [1.82, 2.24) is 9.97 Å². The van der Waals surface area contributed by atoms with Gasteiger partial charge in [-0.05, 0) is 25.5 Å². The first-order valence-corrected chi connectivity index (χ1v) is 6.22. The lowest BCUT2D eigenvalue weighted by atomic mass is 10.00. The van der Waals surface area contributed by atoms with Crippen molar-refractivity contribution in [2.45, 2.75) is 25.9 Å². The third-order valence-corrected chi connectivity index (χ3v) is 3.28. The summed E-state index contributed by atoms with van der Waals surface area (Å²) in [4.78, 5) is 8.36. The first-order chi connectivity index (χ1) is 8.57. The molecule has 1 aromatic carbocycles. The molecule has 0 fully saturated rings. The smallest absolute Gasteiger partial charge is 0.155 e. The lowest BCUT2D eigenvalue weighted by Crippen LogP contribution is -2.24. The van der Waals surface area contributed by atoms with Gasteiger partial charge in [-0.2, -0.15) is 0 Å². The highest BCUT2D eigenvalue weighted by Gasteiger charge is 2.32. The topological polar surface area (TPSA) is 35.0 Å². The summed E-state index contributed by atoms with van der Waals surface area (Å²) < 4.78 is 6.01. The van der Waals surface area contributed by atoms with E-state index in [1.165, 1.54) is 5.56 Å². The molecular weight excluding hydrogens is 248 g/mol. The van der Waals surface area contributed by atoms with Crippen LogP contribution in [0, 0.1) is 0 Å². The fourth-order valence-electron chi connectivity index (χ4n) is 2.30. The Labute approximate surface area is 111 Å². The monoisotopic (exact) mass is 260 g/mol. The van der Waals surface area contributed by atoms with Crippen molar-refractivity contribution in [2.24, 2.45) is 0 Å². The summed E-state index contributed by atoms with van der Waals surface area (Å²) in [5.74, 6) is 0.880. The van der Waals surface area contributed by atoms with Crippen molar-refractivity contribution in [1.29, 1.82) is 0 Å². The summed E-state index contributed by atoms with van der Waals surface area (Å²) in [6.45, 7) is 4.16. The highest BCUT2D eigenvalue weighted by molar-refractivity contribution is 6.31. The number of hydrogen-bond acceptors (Lipinski definition) is 3. The van der Waals surface area contributed by atoms with Gasteiger partial charge in [0.15, 0.2) is 5.15 Å². The Morgan fingerprint density at radius 3 is 2.78 bits per heavy atom. The van der Waals surface area contributed by atoms with Crippen LogP contribution < -0.4 is 4.74 Å². The van der Waals surface area contributed by atoms with Gasteiger partial charge in [0.2, 0.25) is 0 Å². The van der Waals surface area contributed by atoms with Crippen LogP contribution in [0.3, 0.4) is 0 Å². The molecule has 0 bridgehead atoms. The molecule has 0 atom stereocenters. The standard InChI is InChI=1S/C14H13ClN2O/c1-14(2)8-9-4-3-5-10(12(9)18-14)11-13(15)17-7-6-16-11/h3-7H,8H2,1-2H3. The molecule has 18 heavy (non-hydrogen) atoms. The van der Waals surface area contributed by atoms with E-state index in [4.69, 9.17) is 16.3 Å². The molecule has 1 aromatic heterocycles. The highest BCUT2D eigenvalue weighted by Crippen LogP contribution is 2.42. The molecule has 0 unspecified atom stereocenters. The first-order valence-electron chi connectivity index (χ1n) is 5.85. The van der Waals surface area contributed by atoms with Gasteiger partial charge < -0.3 is 4.74 Å². The number of aromatic nitrogens is 2. The van der Waals surface area contributed by atoms with E-state index in [1.54, 1.807) is 12.4 Å². The molecule has 3 rings (SSSR count). The van der Waals surface area contributed by atoms with Gasteiger partial charge in [0.25, 0.3) is 0 Å². The van der Waals surface area contributed by atoms with Gasteiger partial charge >= 0.3 is 0 Å². The molecule has 0 amide bonds. The summed E-state index contributed by atoms with van der Waals surface area (Å²) in [6.07, 6.45) is 4.12. The summed E-state index contributed by atoms with van der Waals surface area (Å²) in [5, 5.41) is 0.402. The Hall–Kier alpha value is -1.61. The van der Waals surface area contributed by atoms with Gasteiger partial charge in [-0.25, -0.2) is 4.98 Å². The van der Waals surface area contributed by atoms with Crippen molar-refractivity contribution in [3.05, 3.63) is 41.3 Å². The predicted molar refractivity (Wildman–Crippen MR) is 70.9 cm³/mol. The largest absolute Gasteiger partial charge is 0.487 e. The third-order valence-electron chi connectivity index (χ3n) is 3.00. The van der Waals surface area contributed by atoms with Gasteiger partial charge in [-0.1, -0.05) is 23.7 Å². The molecule has 2 heterocycles. The maximum absolute atomic E-state index is 6.10. The minimum absolute atomic E-state index is 0.173. The number of ether oxygens (including phenoxy) is 1. The van der Waals surface area contributed by atoms with Crippen LogP contribution in [0.2, 0.25) is 5.15 Å². The zero-order valence-electron chi connectivity index (χ0n) is 10.3. The molecule has 1 aliphatic rings. The van der Waals surface area contributed by atoms with E-state index in [9.17, 15) is 0 Å². The van der Waals surface area contributed by atoms with Crippen LogP contribution in [-0.2, 0) is 6.42 Å². The van der Waals surface area contributed by atoms with E-state index in [-0.39, 0.29) is 5.60 Å². The average Bonchev–Trinajstić information content (AvgIpc) is 2.63. The van der Waals surface area contributed by atoms with Crippen LogP contribution in [0.25, 0.3) is 11.3 Å². The Kier molecular flexibility index (Phi) is 2.52. The Balaban J connectivity index is 2.17. The number of rotatable bonds is 1. The van der Waals surface area contributed by atoms with Crippen molar-refractivity contribution in [2.75, 3.05) is 0 Å². The molecule has 3 nitrogen and oxygen atoms in total. The fraction of sp³-hybridized carbons (Fsp3) is 0.286. The number of nitrogens with zero attached hydrogens (tertiary/aromatic N) is 2. The second kappa shape index (κ2) is 3.95. The van der Waals surface area contributed by atoms with Gasteiger partial charge in [-0.3, -0.25) is 4.98 Å². The molecule has 4 heteroatoms. The second-order valence-electron chi connectivity index (χ2n) is 5.03. The van der Waals surface area contributed by atoms with E-state index < -0.39 is 0 Å². The SMILES string of the molecule is CC1(C)Cc2cccc(-c3nccnc3Cl)c2O1. The molecule has 0 saturated heterocycles. The average molecular weight is 261 g/mol. The minimum Gasteiger partial charge on any atom is -0.487 e. The summed E-state index contributed by atoms with van der Waals surface area (Å²) in [7, 11) is 0. The number of hydrogen-bond donors (Lipinski definition) is 0. The molecule has 0 spiro atoms. The van der Waals surface area contributed by atoms with E-state index in [1.807, 2.05) is 12.1 Å². The zero-order chi connectivity index (χ0) is 12.8. The van der Waals surface area contributed by atoms with Crippen molar-refractivity contribution >= 4 is 11.6 Å². The summed E-state index contributed by atoms with van der Waals surface area (Å²) >= 11 is 6.10. The Morgan fingerprint density at radius 1 is 1.22 bits per heavy atom. The maximum Gasteiger partial charge on any atom is 0.155 e. The molecular formula is C14H13ClN2O. The molecule has 92 valence electrons. The zero-order valence-corrected chi connectivity index (χ0v) is 11.0. The maximum atomic E-state index is 6.10. The Morgan fingerprint density at radius 2 is 2.00 bits per heavy atom. The van der Waals surface area contributed by atoms with E-state index in [0.717, 1.165) is 17.7 Å². The van der Waals surface area contributed by atoms with Gasteiger partial charge in [0.05, 0.1) is 0 Å². The van der Waals surface area contributed by atoms with Crippen LogP contribution in [0.15, 0.2) is 30.6 Å². The van der Waals surface area contributed by atoms with Crippen LogP contribution in [0.5, 0.6) is 5.75 Å². The van der Waals surface area contributed by atoms with Crippen molar-refractivity contribution in [3.8, 4) is 17.0 Å². The molecule has 0 radical (unpaired) electrons. The summed E-state index contributed by atoms with van der Waals surface area (Å²) in [6, 6.07) is 6.05. The molecule has 0 saturated carbocycles. The van der Waals surface area contributed by atoms with Crippen LogP contribution >= 0.6 is 11.6 Å². The van der Waals surface area contributed by atoms with Crippen molar-refractivity contribution in [3.63, 3.8) is 0 Å². The quantitative estimate of drug-likeness (QED) is 0.787. The third kappa shape index (κ3) is 1.85. The van der Waals surface area contributed by atoms with Gasteiger partial charge in [-0.15, -0.1) is 0 Å². The van der Waals surface area contributed by atoms with Crippen molar-refractivity contribution < 1.29 is 4.74 Å². The van der Waals surface area contributed by atoms with Crippen LogP contribution in [-0.4, -0.2) is 15.6 Å². The Bertz CT molecular complexity index is 610. The molecule has 2 aromatic rings. The first kappa shape index (κ1) is 11.5. The van der Waals surface area contributed by atoms with Gasteiger partial charge in [0, 0.05) is 24.4 Å². The molecule has 0 aliphatic carbocycles. The van der Waals surface area contributed by atoms with E-state index in [0.29, 0.717) is 10.8 Å². The lowest BCUT2D eigenvalue weighted by Gasteiger charge is -2.18. The number of para-hydroxylation sites is 1. The number of halogens is 1. The number of benzene rings is 1. The summed E-state index contributed by atoms with van der Waals surface area (Å²) in [5.41, 5.74) is 2.61. The van der Waals surface area contributed by atoms with Gasteiger partial charge in [0.1, 0.15) is 17.0 Å². The second-order valence-corrected chi connectivity index (χ2v) is 5.39. The van der Waals surface area contributed by atoms with E-state index in [2.05, 4.69) is 29.9 Å². The van der Waals surface area contributed by atoms with Crippen LogP contribution in [0.1, 0.15) is 19.4 Å². The fourth-order valence-corrected chi connectivity index (χ4v) is 2.51. The lowest BCUT2D eigenvalue weighted by molar-refractivity contribution is 0.139. The van der Waals surface area contributed by atoms with Crippen LogP contribution in [0.4, 0.5) is 0 Å². The number of fused-ring (bicyclic) bond motifs is 1. The normalized spacial score (nSPS) is 16.2.